The van der Waals surface area contributed by atoms with Gasteiger partial charge in [-0.1, -0.05) is 11.6 Å². The molecule has 0 aliphatic carbocycles. The molecule has 1 fully saturated rings. The molecule has 4 nitrogen and oxygen atoms in total. The lowest BCUT2D eigenvalue weighted by molar-refractivity contribution is 0.0696. The zero-order valence-electron chi connectivity index (χ0n) is 12.8. The number of nitrogens with zero attached hydrogens (tertiary/aromatic N) is 1. The second-order valence-electron chi connectivity index (χ2n) is 5.86. The van der Waals surface area contributed by atoms with E-state index >= 15 is 0 Å². The number of carboxylic acid groups (broad SMARTS) is 1. The highest BCUT2D eigenvalue weighted by Crippen LogP contribution is 2.31. The second kappa shape index (κ2) is 6.34. The van der Waals surface area contributed by atoms with Crippen molar-refractivity contribution in [2.24, 2.45) is 0 Å². The van der Waals surface area contributed by atoms with Crippen molar-refractivity contribution >= 4 is 17.6 Å². The number of halogens is 2. The normalized spacial score (nSPS) is 17.6. The van der Waals surface area contributed by atoms with E-state index in [4.69, 9.17) is 11.6 Å². The van der Waals surface area contributed by atoms with Gasteiger partial charge in [0.15, 0.2) is 0 Å². The van der Waals surface area contributed by atoms with Gasteiger partial charge in [0.1, 0.15) is 5.82 Å². The van der Waals surface area contributed by atoms with E-state index in [0.717, 1.165) is 19.4 Å². The molecule has 1 aliphatic heterocycles. The molecular formula is C17H18ClFN2O2. The molecule has 2 N–H and O–H groups in total. The fourth-order valence-electron chi connectivity index (χ4n) is 3.15. The molecule has 1 aliphatic rings. The molecular weight excluding hydrogens is 319 g/mol. The van der Waals surface area contributed by atoms with Gasteiger partial charge in [-0.05, 0) is 50.6 Å². The van der Waals surface area contributed by atoms with E-state index in [0.29, 0.717) is 28.5 Å². The summed E-state index contributed by atoms with van der Waals surface area (Å²) < 4.78 is 16.1. The van der Waals surface area contributed by atoms with Crippen LogP contribution >= 0.6 is 11.6 Å². The third kappa shape index (κ3) is 3.12. The number of rotatable bonds is 4. The van der Waals surface area contributed by atoms with E-state index < -0.39 is 11.8 Å². The number of hydrogen-bond donors (Lipinski definition) is 2. The Labute approximate surface area is 138 Å². The SMILES string of the molecule is Cc1c(C(=O)O)cc(-c2cc(Cl)ccc2F)n1CC1CCCN1. The van der Waals surface area contributed by atoms with Gasteiger partial charge in [0, 0.05) is 28.9 Å². The van der Waals surface area contributed by atoms with Crippen LogP contribution in [0.2, 0.25) is 5.02 Å². The van der Waals surface area contributed by atoms with Gasteiger partial charge < -0.3 is 15.0 Å². The van der Waals surface area contributed by atoms with Gasteiger partial charge in [0.25, 0.3) is 0 Å². The molecule has 0 bridgehead atoms. The van der Waals surface area contributed by atoms with E-state index in [1.807, 2.05) is 4.57 Å². The van der Waals surface area contributed by atoms with Crippen molar-refractivity contribution in [3.05, 3.63) is 46.4 Å². The summed E-state index contributed by atoms with van der Waals surface area (Å²) in [5.41, 5.74) is 1.69. The summed E-state index contributed by atoms with van der Waals surface area (Å²) in [6, 6.07) is 6.12. The van der Waals surface area contributed by atoms with Crippen LogP contribution in [0.15, 0.2) is 24.3 Å². The third-order valence-corrected chi connectivity index (χ3v) is 4.60. The number of aromatic carboxylic acids is 1. The number of hydrogen-bond acceptors (Lipinski definition) is 2. The Bertz CT molecular complexity index is 751. The Kier molecular flexibility index (Phi) is 4.41. The Morgan fingerprint density at radius 3 is 2.91 bits per heavy atom. The molecule has 1 aromatic heterocycles. The highest BCUT2D eigenvalue weighted by atomic mass is 35.5. The van der Waals surface area contributed by atoms with Crippen LogP contribution in [0.4, 0.5) is 4.39 Å². The average molecular weight is 337 g/mol. The van der Waals surface area contributed by atoms with Gasteiger partial charge in [-0.15, -0.1) is 0 Å². The summed E-state index contributed by atoms with van der Waals surface area (Å²) >= 11 is 5.99. The summed E-state index contributed by atoms with van der Waals surface area (Å²) in [4.78, 5) is 11.5. The maximum atomic E-state index is 14.3. The lowest BCUT2D eigenvalue weighted by atomic mass is 10.1. The van der Waals surface area contributed by atoms with E-state index in [9.17, 15) is 14.3 Å². The first kappa shape index (κ1) is 16.0. The van der Waals surface area contributed by atoms with Gasteiger partial charge in [0.05, 0.1) is 11.3 Å². The highest BCUT2D eigenvalue weighted by molar-refractivity contribution is 6.30. The maximum absolute atomic E-state index is 14.3. The maximum Gasteiger partial charge on any atom is 0.337 e. The Hall–Kier alpha value is -1.85. The average Bonchev–Trinajstić information content (AvgIpc) is 3.12. The van der Waals surface area contributed by atoms with Crippen LogP contribution < -0.4 is 5.32 Å². The molecule has 122 valence electrons. The molecule has 0 saturated carbocycles. The molecule has 1 saturated heterocycles. The Morgan fingerprint density at radius 2 is 2.26 bits per heavy atom. The van der Waals surface area contributed by atoms with Crippen LogP contribution in [0.3, 0.4) is 0 Å². The molecule has 0 radical (unpaired) electrons. The largest absolute Gasteiger partial charge is 0.478 e. The number of aromatic nitrogens is 1. The van der Waals surface area contributed by atoms with Crippen molar-refractivity contribution in [2.45, 2.75) is 32.4 Å². The molecule has 6 heteroatoms. The molecule has 2 aromatic rings. The number of nitrogens with one attached hydrogen (secondary N) is 1. The topological polar surface area (TPSA) is 54.3 Å². The van der Waals surface area contributed by atoms with Gasteiger partial charge in [-0.3, -0.25) is 0 Å². The minimum Gasteiger partial charge on any atom is -0.478 e. The summed E-state index contributed by atoms with van der Waals surface area (Å²) in [7, 11) is 0. The zero-order chi connectivity index (χ0) is 16.6. The predicted octanol–water partition coefficient (Wildman–Crippen LogP) is 3.71. The molecule has 3 rings (SSSR count). The number of carboxylic acids is 1. The summed E-state index contributed by atoms with van der Waals surface area (Å²) in [6.07, 6.45) is 2.12. The molecule has 0 spiro atoms. The van der Waals surface area contributed by atoms with Crippen molar-refractivity contribution in [3.63, 3.8) is 0 Å². The molecule has 1 unspecified atom stereocenters. The van der Waals surface area contributed by atoms with Crippen molar-refractivity contribution in [1.29, 1.82) is 0 Å². The van der Waals surface area contributed by atoms with Crippen molar-refractivity contribution in [2.75, 3.05) is 6.54 Å². The predicted molar refractivity (Wildman–Crippen MR) is 87.6 cm³/mol. The van der Waals surface area contributed by atoms with Gasteiger partial charge >= 0.3 is 5.97 Å². The lowest BCUT2D eigenvalue weighted by Gasteiger charge is -2.17. The lowest BCUT2D eigenvalue weighted by Crippen LogP contribution is -2.27. The minimum atomic E-state index is -1.01. The fourth-order valence-corrected chi connectivity index (χ4v) is 3.32. The van der Waals surface area contributed by atoms with Crippen molar-refractivity contribution in [1.82, 2.24) is 9.88 Å². The van der Waals surface area contributed by atoms with Crippen molar-refractivity contribution < 1.29 is 14.3 Å². The first-order valence-electron chi connectivity index (χ1n) is 7.59. The van der Waals surface area contributed by atoms with Gasteiger partial charge in [0.2, 0.25) is 0 Å². The van der Waals surface area contributed by atoms with E-state index in [-0.39, 0.29) is 11.6 Å². The van der Waals surface area contributed by atoms with Crippen LogP contribution in [0.5, 0.6) is 0 Å². The second-order valence-corrected chi connectivity index (χ2v) is 6.30. The van der Waals surface area contributed by atoms with Crippen LogP contribution in [0.25, 0.3) is 11.3 Å². The molecule has 1 aromatic carbocycles. The standard InChI is InChI=1S/C17H18ClFN2O2/c1-10-13(17(22)23)8-16(14-7-11(18)4-5-15(14)19)21(10)9-12-3-2-6-20-12/h4-5,7-8,12,20H,2-3,6,9H2,1H3,(H,22,23). The summed E-state index contributed by atoms with van der Waals surface area (Å²) in [6.45, 7) is 3.32. The molecule has 2 heterocycles. The van der Waals surface area contributed by atoms with Gasteiger partial charge in [-0.25, -0.2) is 9.18 Å². The number of benzene rings is 1. The first-order valence-corrected chi connectivity index (χ1v) is 7.97. The summed E-state index contributed by atoms with van der Waals surface area (Å²) in [5.74, 6) is -1.42. The fraction of sp³-hybridized carbons (Fsp3) is 0.353. The van der Waals surface area contributed by atoms with E-state index in [2.05, 4.69) is 5.32 Å². The minimum absolute atomic E-state index is 0.192. The van der Waals surface area contributed by atoms with E-state index in [1.54, 1.807) is 6.92 Å². The van der Waals surface area contributed by atoms with Crippen LogP contribution in [-0.2, 0) is 6.54 Å². The van der Waals surface area contributed by atoms with Gasteiger partial charge in [-0.2, -0.15) is 0 Å². The van der Waals surface area contributed by atoms with Crippen molar-refractivity contribution in [3.8, 4) is 11.3 Å². The molecule has 23 heavy (non-hydrogen) atoms. The highest BCUT2D eigenvalue weighted by Gasteiger charge is 2.23. The number of carbonyl (C=O) groups is 1. The van der Waals surface area contributed by atoms with E-state index in [1.165, 1.54) is 24.3 Å². The van der Waals surface area contributed by atoms with Crippen LogP contribution in [0.1, 0.15) is 28.9 Å². The smallest absolute Gasteiger partial charge is 0.337 e. The monoisotopic (exact) mass is 336 g/mol. The van der Waals surface area contributed by atoms with Crippen LogP contribution in [0, 0.1) is 12.7 Å². The first-order chi connectivity index (χ1) is 11.0. The third-order valence-electron chi connectivity index (χ3n) is 4.37. The summed E-state index contributed by atoms with van der Waals surface area (Å²) in [5, 5.41) is 13.2. The molecule has 0 amide bonds. The zero-order valence-corrected chi connectivity index (χ0v) is 13.5. The quantitative estimate of drug-likeness (QED) is 0.895. The Balaban J connectivity index is 2.12. The molecule has 1 atom stereocenters. The Morgan fingerprint density at radius 1 is 1.48 bits per heavy atom. The van der Waals surface area contributed by atoms with Crippen LogP contribution in [-0.4, -0.2) is 28.2 Å².